The quantitative estimate of drug-likeness (QED) is 0.912. The first-order chi connectivity index (χ1) is 8.78. The average Bonchev–Trinajstić information content (AvgIpc) is 2.84. The van der Waals surface area contributed by atoms with Crippen LogP contribution in [0.5, 0.6) is 5.75 Å². The van der Waals surface area contributed by atoms with Crippen molar-refractivity contribution in [3.63, 3.8) is 0 Å². The molecule has 1 heterocycles. The van der Waals surface area contributed by atoms with Crippen LogP contribution in [-0.4, -0.2) is 7.11 Å². The van der Waals surface area contributed by atoms with Gasteiger partial charge in [0.25, 0.3) is 0 Å². The predicted octanol–water partition coefficient (Wildman–Crippen LogP) is 3.49. The van der Waals surface area contributed by atoms with Crippen molar-refractivity contribution >= 4 is 11.3 Å². The van der Waals surface area contributed by atoms with Gasteiger partial charge in [0, 0.05) is 16.3 Å². The van der Waals surface area contributed by atoms with E-state index in [1.165, 1.54) is 22.4 Å². The molecule has 18 heavy (non-hydrogen) atoms. The largest absolute Gasteiger partial charge is 0.496 e. The van der Waals surface area contributed by atoms with E-state index in [0.29, 0.717) is 5.92 Å². The van der Waals surface area contributed by atoms with Crippen LogP contribution in [-0.2, 0) is 6.42 Å². The van der Waals surface area contributed by atoms with Gasteiger partial charge >= 0.3 is 0 Å². The Balaban J connectivity index is 1.68. The molecular weight excluding hydrogens is 242 g/mol. The summed E-state index contributed by atoms with van der Waals surface area (Å²) in [6.07, 6.45) is 2.20. The molecule has 1 aromatic heterocycles. The van der Waals surface area contributed by atoms with Crippen LogP contribution in [0.2, 0.25) is 0 Å². The lowest BCUT2D eigenvalue weighted by molar-refractivity contribution is 0.415. The number of fused-ring (bicyclic) bond motifs is 1. The summed E-state index contributed by atoms with van der Waals surface area (Å²) in [6, 6.07) is 10.8. The molecule has 0 spiro atoms. The Kier molecular flexibility index (Phi) is 3.10. The Morgan fingerprint density at radius 3 is 3.00 bits per heavy atom. The summed E-state index contributed by atoms with van der Waals surface area (Å²) in [5.74, 6) is 1.55. The summed E-state index contributed by atoms with van der Waals surface area (Å²) < 4.78 is 5.20. The maximum atomic E-state index is 6.29. The van der Waals surface area contributed by atoms with Crippen molar-refractivity contribution < 1.29 is 4.74 Å². The van der Waals surface area contributed by atoms with Crippen LogP contribution in [0.15, 0.2) is 35.7 Å². The Bertz CT molecular complexity index is 549. The van der Waals surface area contributed by atoms with Crippen LogP contribution in [0.1, 0.15) is 34.4 Å². The monoisotopic (exact) mass is 259 g/mol. The SMILES string of the molecule is COc1csc(C(N)CC2Cc3ccccc32)c1. The zero-order valence-corrected chi connectivity index (χ0v) is 11.2. The Morgan fingerprint density at radius 1 is 1.44 bits per heavy atom. The third kappa shape index (κ3) is 2.04. The summed E-state index contributed by atoms with van der Waals surface area (Å²) in [7, 11) is 1.69. The molecular formula is C15H17NOS. The van der Waals surface area contributed by atoms with Gasteiger partial charge in [-0.2, -0.15) is 0 Å². The van der Waals surface area contributed by atoms with Crippen LogP contribution in [0.25, 0.3) is 0 Å². The Hall–Kier alpha value is -1.32. The van der Waals surface area contributed by atoms with Crippen molar-refractivity contribution in [3.8, 4) is 5.75 Å². The lowest BCUT2D eigenvalue weighted by Crippen LogP contribution is -2.22. The molecule has 0 amide bonds. The molecule has 1 aromatic carbocycles. The second-order valence-corrected chi connectivity index (χ2v) is 5.77. The topological polar surface area (TPSA) is 35.2 Å². The average molecular weight is 259 g/mol. The van der Waals surface area contributed by atoms with E-state index in [2.05, 4.69) is 30.3 Å². The molecule has 2 atom stereocenters. The minimum Gasteiger partial charge on any atom is -0.496 e. The van der Waals surface area contributed by atoms with Gasteiger partial charge in [-0.3, -0.25) is 0 Å². The van der Waals surface area contributed by atoms with Crippen LogP contribution >= 0.6 is 11.3 Å². The number of benzene rings is 1. The number of ether oxygens (including phenoxy) is 1. The zero-order valence-electron chi connectivity index (χ0n) is 10.4. The molecule has 2 unspecified atom stereocenters. The summed E-state index contributed by atoms with van der Waals surface area (Å²) in [5, 5.41) is 2.02. The maximum absolute atomic E-state index is 6.29. The van der Waals surface area contributed by atoms with Gasteiger partial charge in [-0.15, -0.1) is 11.3 Å². The summed E-state index contributed by atoms with van der Waals surface area (Å²) in [6.45, 7) is 0. The van der Waals surface area contributed by atoms with E-state index in [9.17, 15) is 0 Å². The van der Waals surface area contributed by atoms with Crippen molar-refractivity contribution in [1.82, 2.24) is 0 Å². The summed E-state index contributed by atoms with van der Waals surface area (Å²) in [5.41, 5.74) is 9.25. The predicted molar refractivity (Wildman–Crippen MR) is 75.3 cm³/mol. The third-order valence-electron chi connectivity index (χ3n) is 3.70. The van der Waals surface area contributed by atoms with Crippen molar-refractivity contribution in [1.29, 1.82) is 0 Å². The second kappa shape index (κ2) is 4.75. The van der Waals surface area contributed by atoms with E-state index in [4.69, 9.17) is 10.5 Å². The number of hydrogen-bond acceptors (Lipinski definition) is 3. The molecule has 0 saturated carbocycles. The van der Waals surface area contributed by atoms with Crippen LogP contribution < -0.4 is 10.5 Å². The molecule has 2 nitrogen and oxygen atoms in total. The molecule has 3 rings (SSSR count). The Labute approximate surface area is 111 Å². The van der Waals surface area contributed by atoms with Gasteiger partial charge in [0.05, 0.1) is 7.11 Å². The van der Waals surface area contributed by atoms with E-state index in [-0.39, 0.29) is 6.04 Å². The number of hydrogen-bond donors (Lipinski definition) is 1. The molecule has 0 bridgehead atoms. The molecule has 3 heteroatoms. The van der Waals surface area contributed by atoms with E-state index in [0.717, 1.165) is 12.2 Å². The van der Waals surface area contributed by atoms with Gasteiger partial charge in [0.15, 0.2) is 0 Å². The first-order valence-electron chi connectivity index (χ1n) is 6.23. The maximum Gasteiger partial charge on any atom is 0.129 e. The lowest BCUT2D eigenvalue weighted by atomic mass is 9.74. The number of rotatable bonds is 4. The van der Waals surface area contributed by atoms with Crippen LogP contribution in [0.4, 0.5) is 0 Å². The molecule has 0 fully saturated rings. The van der Waals surface area contributed by atoms with Crippen LogP contribution in [0, 0.1) is 0 Å². The van der Waals surface area contributed by atoms with Crippen LogP contribution in [0.3, 0.4) is 0 Å². The van der Waals surface area contributed by atoms with Gasteiger partial charge in [-0.05, 0) is 36.0 Å². The highest BCUT2D eigenvalue weighted by Crippen LogP contribution is 2.41. The molecule has 0 aliphatic heterocycles. The fourth-order valence-corrected chi connectivity index (χ4v) is 3.50. The Morgan fingerprint density at radius 2 is 2.28 bits per heavy atom. The van der Waals surface area contributed by atoms with E-state index in [1.54, 1.807) is 18.4 Å². The molecule has 0 saturated heterocycles. The third-order valence-corrected chi connectivity index (χ3v) is 4.74. The van der Waals surface area contributed by atoms with E-state index >= 15 is 0 Å². The normalized spacial score (nSPS) is 18.9. The molecule has 1 aliphatic carbocycles. The highest BCUT2D eigenvalue weighted by molar-refractivity contribution is 7.10. The van der Waals surface area contributed by atoms with Gasteiger partial charge < -0.3 is 10.5 Å². The minimum atomic E-state index is 0.122. The van der Waals surface area contributed by atoms with Gasteiger partial charge in [-0.25, -0.2) is 0 Å². The molecule has 1 aliphatic rings. The van der Waals surface area contributed by atoms with Gasteiger partial charge in [0.2, 0.25) is 0 Å². The zero-order chi connectivity index (χ0) is 12.5. The van der Waals surface area contributed by atoms with Crippen molar-refractivity contribution in [2.24, 2.45) is 5.73 Å². The highest BCUT2D eigenvalue weighted by atomic mass is 32.1. The fraction of sp³-hybridized carbons (Fsp3) is 0.333. The smallest absolute Gasteiger partial charge is 0.129 e. The number of nitrogens with two attached hydrogens (primary N) is 1. The van der Waals surface area contributed by atoms with Crippen molar-refractivity contribution in [2.45, 2.75) is 24.8 Å². The number of thiophene rings is 1. The van der Waals surface area contributed by atoms with E-state index in [1.807, 2.05) is 5.38 Å². The molecule has 2 N–H and O–H groups in total. The molecule has 0 radical (unpaired) electrons. The molecule has 2 aromatic rings. The minimum absolute atomic E-state index is 0.122. The highest BCUT2D eigenvalue weighted by Gasteiger charge is 2.27. The van der Waals surface area contributed by atoms with Crippen molar-refractivity contribution in [3.05, 3.63) is 51.7 Å². The van der Waals surface area contributed by atoms with Gasteiger partial charge in [0.1, 0.15) is 5.75 Å². The lowest BCUT2D eigenvalue weighted by Gasteiger charge is -2.31. The van der Waals surface area contributed by atoms with E-state index < -0.39 is 0 Å². The van der Waals surface area contributed by atoms with Gasteiger partial charge in [-0.1, -0.05) is 24.3 Å². The van der Waals surface area contributed by atoms with Crippen molar-refractivity contribution in [2.75, 3.05) is 7.11 Å². The molecule has 94 valence electrons. The standard InChI is InChI=1S/C15H17NOS/c1-17-12-8-15(18-9-12)14(16)7-11-6-10-4-2-3-5-13(10)11/h2-5,8-9,11,14H,6-7,16H2,1H3. The summed E-state index contributed by atoms with van der Waals surface area (Å²) >= 11 is 1.69. The first-order valence-corrected chi connectivity index (χ1v) is 7.11. The second-order valence-electron chi connectivity index (χ2n) is 4.83. The number of methoxy groups -OCH3 is 1. The first kappa shape index (κ1) is 11.8. The summed E-state index contributed by atoms with van der Waals surface area (Å²) in [4.78, 5) is 1.22. The fourth-order valence-electron chi connectivity index (χ4n) is 2.63.